The molecule has 1 unspecified atom stereocenters. The highest BCUT2D eigenvalue weighted by molar-refractivity contribution is 4.54. The van der Waals surface area contributed by atoms with E-state index >= 15 is 0 Å². The van der Waals surface area contributed by atoms with Gasteiger partial charge in [0.15, 0.2) is 0 Å². The molecule has 0 heterocycles. The maximum Gasteiger partial charge on any atom is 0.0572 e. The Hall–Kier alpha value is -0.0400. The molecular weight excluding hydrogens is 148 g/mol. The molecule has 0 spiro atoms. The van der Waals surface area contributed by atoms with Crippen LogP contribution in [-0.4, -0.2) is 12.7 Å². The Morgan fingerprint density at radius 2 is 1.67 bits per heavy atom. The SMILES string of the molecule is CCCCOC(CC)CCCC. The van der Waals surface area contributed by atoms with E-state index in [1.54, 1.807) is 0 Å². The third kappa shape index (κ3) is 6.66. The van der Waals surface area contributed by atoms with E-state index in [1.807, 2.05) is 0 Å². The van der Waals surface area contributed by atoms with E-state index < -0.39 is 0 Å². The van der Waals surface area contributed by atoms with Crippen LogP contribution in [0.15, 0.2) is 0 Å². The highest BCUT2D eigenvalue weighted by atomic mass is 16.5. The van der Waals surface area contributed by atoms with Gasteiger partial charge in [0.05, 0.1) is 6.10 Å². The van der Waals surface area contributed by atoms with Crippen molar-refractivity contribution in [3.63, 3.8) is 0 Å². The summed E-state index contributed by atoms with van der Waals surface area (Å²) < 4.78 is 5.73. The zero-order valence-corrected chi connectivity index (χ0v) is 8.94. The van der Waals surface area contributed by atoms with Crippen LogP contribution in [0.3, 0.4) is 0 Å². The molecule has 0 rings (SSSR count). The molecule has 0 aromatic rings. The fourth-order valence-corrected chi connectivity index (χ4v) is 1.23. The Morgan fingerprint density at radius 1 is 1.00 bits per heavy atom. The van der Waals surface area contributed by atoms with Crippen molar-refractivity contribution in [1.82, 2.24) is 0 Å². The molecule has 0 radical (unpaired) electrons. The maximum atomic E-state index is 5.73. The van der Waals surface area contributed by atoms with E-state index in [4.69, 9.17) is 4.74 Å². The molecule has 0 aliphatic rings. The van der Waals surface area contributed by atoms with Gasteiger partial charge in [-0.3, -0.25) is 0 Å². The van der Waals surface area contributed by atoms with Crippen LogP contribution in [-0.2, 0) is 4.74 Å². The summed E-state index contributed by atoms with van der Waals surface area (Å²) in [5.74, 6) is 0. The number of unbranched alkanes of at least 4 members (excludes halogenated alkanes) is 2. The van der Waals surface area contributed by atoms with Gasteiger partial charge in [-0.05, 0) is 19.3 Å². The maximum absolute atomic E-state index is 5.73. The molecule has 0 amide bonds. The molecular formula is C11H24O. The summed E-state index contributed by atoms with van der Waals surface area (Å²) in [4.78, 5) is 0. The smallest absolute Gasteiger partial charge is 0.0572 e. The Morgan fingerprint density at radius 3 is 2.17 bits per heavy atom. The highest BCUT2D eigenvalue weighted by Gasteiger charge is 2.04. The van der Waals surface area contributed by atoms with Crippen molar-refractivity contribution in [3.05, 3.63) is 0 Å². The van der Waals surface area contributed by atoms with Crippen LogP contribution >= 0.6 is 0 Å². The van der Waals surface area contributed by atoms with Crippen molar-refractivity contribution in [3.8, 4) is 0 Å². The average molecular weight is 172 g/mol. The van der Waals surface area contributed by atoms with Crippen LogP contribution in [0.5, 0.6) is 0 Å². The zero-order valence-electron chi connectivity index (χ0n) is 8.94. The summed E-state index contributed by atoms with van der Waals surface area (Å²) >= 11 is 0. The van der Waals surface area contributed by atoms with Gasteiger partial charge in [0.2, 0.25) is 0 Å². The van der Waals surface area contributed by atoms with Crippen molar-refractivity contribution >= 4 is 0 Å². The van der Waals surface area contributed by atoms with Gasteiger partial charge in [-0.15, -0.1) is 0 Å². The molecule has 0 aromatic carbocycles. The molecule has 0 aliphatic carbocycles. The number of ether oxygens (including phenoxy) is 1. The van der Waals surface area contributed by atoms with Gasteiger partial charge in [-0.1, -0.05) is 40.0 Å². The van der Waals surface area contributed by atoms with E-state index in [-0.39, 0.29) is 0 Å². The molecule has 0 bridgehead atoms. The lowest BCUT2D eigenvalue weighted by Gasteiger charge is -2.15. The number of hydrogen-bond acceptors (Lipinski definition) is 1. The van der Waals surface area contributed by atoms with E-state index in [1.165, 1.54) is 38.5 Å². The molecule has 12 heavy (non-hydrogen) atoms. The minimum absolute atomic E-state index is 0.525. The standard InChI is InChI=1S/C11H24O/c1-4-7-9-11(6-3)12-10-8-5-2/h11H,4-10H2,1-3H3. The van der Waals surface area contributed by atoms with Gasteiger partial charge in [-0.2, -0.15) is 0 Å². The van der Waals surface area contributed by atoms with Crippen LogP contribution in [0.2, 0.25) is 0 Å². The second-order valence-corrected chi connectivity index (χ2v) is 3.40. The Labute approximate surface area is 77.5 Å². The largest absolute Gasteiger partial charge is 0.378 e. The van der Waals surface area contributed by atoms with Crippen LogP contribution < -0.4 is 0 Å². The molecule has 1 nitrogen and oxygen atoms in total. The molecule has 0 aliphatic heterocycles. The van der Waals surface area contributed by atoms with Crippen molar-refractivity contribution < 1.29 is 4.74 Å². The first kappa shape index (κ1) is 12.0. The quantitative estimate of drug-likeness (QED) is 0.506. The lowest BCUT2D eigenvalue weighted by atomic mass is 10.1. The van der Waals surface area contributed by atoms with Gasteiger partial charge < -0.3 is 4.74 Å². The summed E-state index contributed by atoms with van der Waals surface area (Å²) in [6.07, 6.45) is 7.99. The molecule has 0 N–H and O–H groups in total. The van der Waals surface area contributed by atoms with Crippen molar-refractivity contribution in [2.24, 2.45) is 0 Å². The van der Waals surface area contributed by atoms with Gasteiger partial charge in [0, 0.05) is 6.61 Å². The lowest BCUT2D eigenvalue weighted by Crippen LogP contribution is -2.12. The van der Waals surface area contributed by atoms with Crippen LogP contribution in [0.25, 0.3) is 0 Å². The third-order valence-corrected chi connectivity index (χ3v) is 2.19. The average Bonchev–Trinajstić information content (AvgIpc) is 2.11. The first-order valence-electron chi connectivity index (χ1n) is 5.46. The Bertz CT molecular complexity index is 81.1. The van der Waals surface area contributed by atoms with Crippen molar-refractivity contribution in [1.29, 1.82) is 0 Å². The third-order valence-electron chi connectivity index (χ3n) is 2.19. The number of rotatable bonds is 8. The first-order chi connectivity index (χ1) is 5.85. The topological polar surface area (TPSA) is 9.23 Å². The summed E-state index contributed by atoms with van der Waals surface area (Å²) in [7, 11) is 0. The molecule has 0 aromatic heterocycles. The van der Waals surface area contributed by atoms with Gasteiger partial charge >= 0.3 is 0 Å². The minimum Gasteiger partial charge on any atom is -0.378 e. The highest BCUT2D eigenvalue weighted by Crippen LogP contribution is 2.08. The monoisotopic (exact) mass is 172 g/mol. The predicted octanol–water partition coefficient (Wildman–Crippen LogP) is 3.77. The summed E-state index contributed by atoms with van der Waals surface area (Å²) in [6.45, 7) is 7.61. The molecule has 0 saturated carbocycles. The van der Waals surface area contributed by atoms with Crippen molar-refractivity contribution in [2.45, 2.75) is 65.4 Å². The molecule has 74 valence electrons. The minimum atomic E-state index is 0.525. The Balaban J connectivity index is 3.26. The second-order valence-electron chi connectivity index (χ2n) is 3.40. The van der Waals surface area contributed by atoms with Crippen LogP contribution in [0, 0.1) is 0 Å². The van der Waals surface area contributed by atoms with E-state index in [0.29, 0.717) is 6.10 Å². The first-order valence-corrected chi connectivity index (χ1v) is 5.46. The Kier molecular flexibility index (Phi) is 9.02. The summed E-state index contributed by atoms with van der Waals surface area (Å²) in [5.41, 5.74) is 0. The number of hydrogen-bond donors (Lipinski definition) is 0. The van der Waals surface area contributed by atoms with E-state index in [2.05, 4.69) is 20.8 Å². The van der Waals surface area contributed by atoms with Gasteiger partial charge in [-0.25, -0.2) is 0 Å². The van der Waals surface area contributed by atoms with Crippen LogP contribution in [0.1, 0.15) is 59.3 Å². The van der Waals surface area contributed by atoms with E-state index in [9.17, 15) is 0 Å². The van der Waals surface area contributed by atoms with Crippen LogP contribution in [0.4, 0.5) is 0 Å². The van der Waals surface area contributed by atoms with Crippen molar-refractivity contribution in [2.75, 3.05) is 6.61 Å². The fourth-order valence-electron chi connectivity index (χ4n) is 1.23. The fraction of sp³-hybridized carbons (Fsp3) is 1.00. The summed E-state index contributed by atoms with van der Waals surface area (Å²) in [6, 6.07) is 0. The second kappa shape index (κ2) is 9.05. The normalized spacial score (nSPS) is 13.2. The summed E-state index contributed by atoms with van der Waals surface area (Å²) in [5, 5.41) is 0. The zero-order chi connectivity index (χ0) is 9.23. The van der Waals surface area contributed by atoms with Gasteiger partial charge in [0.1, 0.15) is 0 Å². The predicted molar refractivity (Wildman–Crippen MR) is 54.5 cm³/mol. The van der Waals surface area contributed by atoms with Gasteiger partial charge in [0.25, 0.3) is 0 Å². The molecule has 0 saturated heterocycles. The molecule has 1 atom stereocenters. The molecule has 0 fully saturated rings. The lowest BCUT2D eigenvalue weighted by molar-refractivity contribution is 0.0417. The van der Waals surface area contributed by atoms with E-state index in [0.717, 1.165) is 6.61 Å². The molecule has 1 heteroatoms.